The van der Waals surface area contributed by atoms with Gasteiger partial charge in [0.05, 0.1) is 24.0 Å². The van der Waals surface area contributed by atoms with Crippen molar-refractivity contribution >= 4 is 23.3 Å². The Balaban J connectivity index is 1.95. The Hall–Kier alpha value is -3.42. The lowest BCUT2D eigenvalue weighted by Crippen LogP contribution is -2.29. The third-order valence-electron chi connectivity index (χ3n) is 4.10. The second kappa shape index (κ2) is 4.79. The van der Waals surface area contributed by atoms with Gasteiger partial charge in [-0.25, -0.2) is 19.1 Å². The molecule has 1 aromatic carbocycles. The number of benzene rings is 1. The summed E-state index contributed by atoms with van der Waals surface area (Å²) in [6.07, 6.45) is 1.75. The molecule has 3 N–H and O–H groups in total. The van der Waals surface area contributed by atoms with Gasteiger partial charge in [0.25, 0.3) is 5.91 Å². The average molecular weight is 326 g/mol. The smallest absolute Gasteiger partial charge is 0.414 e. The van der Waals surface area contributed by atoms with E-state index >= 15 is 0 Å². The van der Waals surface area contributed by atoms with Gasteiger partial charge in [0.15, 0.2) is 0 Å². The molecule has 0 bridgehead atoms. The van der Waals surface area contributed by atoms with Crippen LogP contribution in [0.2, 0.25) is 0 Å². The molecule has 3 heterocycles. The van der Waals surface area contributed by atoms with E-state index in [1.54, 1.807) is 22.7 Å². The van der Waals surface area contributed by atoms with Crippen molar-refractivity contribution in [3.8, 4) is 11.3 Å². The van der Waals surface area contributed by atoms with E-state index in [9.17, 15) is 19.1 Å². The molecule has 0 spiro atoms. The van der Waals surface area contributed by atoms with E-state index in [-0.39, 0.29) is 17.8 Å². The number of nitrogens with two attached hydrogens (primary N) is 1. The molecule has 8 heteroatoms. The third-order valence-corrected chi connectivity index (χ3v) is 4.10. The van der Waals surface area contributed by atoms with Crippen molar-refractivity contribution in [1.29, 1.82) is 0 Å². The molecule has 0 atom stereocenters. The first-order valence-electron chi connectivity index (χ1n) is 7.06. The largest absolute Gasteiger partial charge is 0.465 e. The molecule has 0 aliphatic carbocycles. The van der Waals surface area contributed by atoms with Crippen LogP contribution in [-0.4, -0.2) is 31.4 Å². The minimum Gasteiger partial charge on any atom is -0.465 e. The number of fused-ring (bicyclic) bond motifs is 2. The number of anilines is 1. The minimum atomic E-state index is -1.33. The van der Waals surface area contributed by atoms with E-state index in [1.807, 2.05) is 0 Å². The Morgan fingerprint density at radius 2 is 2.12 bits per heavy atom. The molecule has 4 rings (SSSR count). The van der Waals surface area contributed by atoms with E-state index in [0.29, 0.717) is 27.4 Å². The molecule has 0 fully saturated rings. The highest BCUT2D eigenvalue weighted by molar-refractivity contribution is 6.10. The maximum atomic E-state index is 13.3. The number of hydrogen-bond donors (Lipinski definition) is 2. The molecule has 7 nitrogen and oxygen atoms in total. The minimum absolute atomic E-state index is 0.0850. The van der Waals surface area contributed by atoms with Crippen LogP contribution in [0, 0.1) is 5.82 Å². The number of carbonyl (C=O) groups excluding carboxylic acids is 1. The van der Waals surface area contributed by atoms with Gasteiger partial charge in [0.2, 0.25) is 0 Å². The predicted octanol–water partition coefficient (Wildman–Crippen LogP) is 2.36. The number of carboxylic acid groups (broad SMARTS) is 1. The summed E-state index contributed by atoms with van der Waals surface area (Å²) in [5, 5.41) is 9.18. The normalized spacial score (nSPS) is 13.5. The van der Waals surface area contributed by atoms with Crippen LogP contribution >= 0.6 is 0 Å². The molecule has 1 aliphatic heterocycles. The zero-order valence-corrected chi connectivity index (χ0v) is 12.2. The lowest BCUT2D eigenvalue weighted by molar-refractivity contribution is 0.0764. The van der Waals surface area contributed by atoms with Gasteiger partial charge in [-0.1, -0.05) is 6.07 Å². The van der Waals surface area contributed by atoms with E-state index in [0.717, 1.165) is 0 Å². The number of pyridine rings is 1. The Labute approximate surface area is 134 Å². The van der Waals surface area contributed by atoms with Gasteiger partial charge in [-0.3, -0.25) is 9.20 Å². The van der Waals surface area contributed by atoms with Crippen LogP contribution in [-0.2, 0) is 6.54 Å². The SMILES string of the molecule is Nc1ccc(-c2cnc3cc(F)ccn23)c2c1C(=O)N(C(=O)O)C2. The fraction of sp³-hybridized carbons (Fsp3) is 0.0625. The molecule has 24 heavy (non-hydrogen) atoms. The summed E-state index contributed by atoms with van der Waals surface area (Å²) in [6.45, 7) is -0.0850. The number of imidazole rings is 1. The van der Waals surface area contributed by atoms with E-state index in [2.05, 4.69) is 4.98 Å². The molecule has 120 valence electrons. The number of halogens is 1. The lowest BCUT2D eigenvalue weighted by atomic mass is 9.99. The fourth-order valence-corrected chi connectivity index (χ4v) is 3.00. The topological polar surface area (TPSA) is 101 Å². The third kappa shape index (κ3) is 1.86. The van der Waals surface area contributed by atoms with Gasteiger partial charge in [0, 0.05) is 23.5 Å². The summed E-state index contributed by atoms with van der Waals surface area (Å²) in [6, 6.07) is 5.85. The quantitative estimate of drug-likeness (QED) is 0.669. The highest BCUT2D eigenvalue weighted by Gasteiger charge is 2.36. The van der Waals surface area contributed by atoms with Crippen molar-refractivity contribution in [2.45, 2.75) is 6.54 Å². The fourth-order valence-electron chi connectivity index (χ4n) is 3.00. The van der Waals surface area contributed by atoms with Crippen LogP contribution < -0.4 is 5.73 Å². The van der Waals surface area contributed by atoms with Gasteiger partial charge in [0.1, 0.15) is 11.5 Å². The number of carbonyl (C=O) groups is 2. The lowest BCUT2D eigenvalue weighted by Gasteiger charge is -2.09. The first kappa shape index (κ1) is 14.2. The summed E-state index contributed by atoms with van der Waals surface area (Å²) >= 11 is 0. The summed E-state index contributed by atoms with van der Waals surface area (Å²) in [5.74, 6) is -1.05. The molecular weight excluding hydrogens is 315 g/mol. The molecule has 3 aromatic rings. The standard InChI is InChI=1S/C16H11FN4O3/c17-8-3-4-20-12(6-19-13(20)5-8)9-1-2-11(18)14-10(9)7-21(15(14)22)16(23)24/h1-6H,7,18H2,(H,23,24). The van der Waals surface area contributed by atoms with Crippen LogP contribution in [0.3, 0.4) is 0 Å². The van der Waals surface area contributed by atoms with Crippen molar-refractivity contribution in [1.82, 2.24) is 14.3 Å². The summed E-state index contributed by atoms with van der Waals surface area (Å²) in [7, 11) is 0. The van der Waals surface area contributed by atoms with Crippen molar-refractivity contribution < 1.29 is 19.1 Å². The molecule has 0 radical (unpaired) electrons. The van der Waals surface area contributed by atoms with Gasteiger partial charge in [-0.05, 0) is 17.7 Å². The van der Waals surface area contributed by atoms with Crippen LogP contribution in [0.25, 0.3) is 16.9 Å². The number of aromatic nitrogens is 2. The van der Waals surface area contributed by atoms with Crippen LogP contribution in [0.5, 0.6) is 0 Å². The zero-order valence-electron chi connectivity index (χ0n) is 12.2. The number of amides is 2. The van der Waals surface area contributed by atoms with E-state index < -0.39 is 17.8 Å². The molecule has 2 aromatic heterocycles. The van der Waals surface area contributed by atoms with Crippen LogP contribution in [0.1, 0.15) is 15.9 Å². The molecular formula is C16H11FN4O3. The predicted molar refractivity (Wildman–Crippen MR) is 82.9 cm³/mol. The zero-order chi connectivity index (χ0) is 17.0. The Morgan fingerprint density at radius 3 is 2.88 bits per heavy atom. The maximum absolute atomic E-state index is 13.3. The molecule has 1 aliphatic rings. The van der Waals surface area contributed by atoms with Crippen molar-refractivity contribution in [2.75, 3.05) is 5.73 Å². The van der Waals surface area contributed by atoms with Gasteiger partial charge < -0.3 is 10.8 Å². The number of imide groups is 1. The van der Waals surface area contributed by atoms with Gasteiger partial charge >= 0.3 is 6.09 Å². The molecule has 0 saturated carbocycles. The Bertz CT molecular complexity index is 1030. The summed E-state index contributed by atoms with van der Waals surface area (Å²) < 4.78 is 15.0. The van der Waals surface area contributed by atoms with Crippen molar-refractivity contribution in [3.05, 3.63) is 53.6 Å². The van der Waals surface area contributed by atoms with Crippen molar-refractivity contribution in [3.63, 3.8) is 0 Å². The van der Waals surface area contributed by atoms with E-state index in [1.165, 1.54) is 18.3 Å². The van der Waals surface area contributed by atoms with Gasteiger partial charge in [-0.15, -0.1) is 0 Å². The highest BCUT2D eigenvalue weighted by Crippen LogP contribution is 2.36. The molecule has 2 amide bonds. The molecule has 0 saturated heterocycles. The Kier molecular flexibility index (Phi) is 2.83. The maximum Gasteiger partial charge on any atom is 0.414 e. The second-order valence-electron chi connectivity index (χ2n) is 5.45. The Morgan fingerprint density at radius 1 is 1.33 bits per heavy atom. The number of hydrogen-bond acceptors (Lipinski definition) is 4. The second-order valence-corrected chi connectivity index (χ2v) is 5.45. The monoisotopic (exact) mass is 326 g/mol. The van der Waals surface area contributed by atoms with Crippen molar-refractivity contribution in [2.24, 2.45) is 0 Å². The first-order chi connectivity index (χ1) is 11.5. The van der Waals surface area contributed by atoms with Gasteiger partial charge in [-0.2, -0.15) is 0 Å². The first-order valence-corrected chi connectivity index (χ1v) is 7.06. The average Bonchev–Trinajstić information content (AvgIpc) is 3.09. The van der Waals surface area contributed by atoms with E-state index in [4.69, 9.17) is 5.73 Å². The molecule has 0 unspecified atom stereocenters. The van der Waals surface area contributed by atoms with Crippen LogP contribution in [0.15, 0.2) is 36.7 Å². The number of nitrogen functional groups attached to an aromatic ring is 1. The number of rotatable bonds is 1. The highest BCUT2D eigenvalue weighted by atomic mass is 19.1. The number of nitrogens with zero attached hydrogens (tertiary/aromatic N) is 3. The summed E-state index contributed by atoms with van der Waals surface area (Å²) in [5.41, 5.74) is 8.47. The van der Waals surface area contributed by atoms with Crippen LogP contribution in [0.4, 0.5) is 14.9 Å². The summed E-state index contributed by atoms with van der Waals surface area (Å²) in [4.78, 5) is 28.4.